The average molecular weight is 146 g/mol. The Morgan fingerprint density at radius 1 is 1.75 bits per heavy atom. The summed E-state index contributed by atoms with van der Waals surface area (Å²) in [6, 6.07) is 0. The molecule has 1 fully saturated rings. The minimum Gasteiger partial charge on any atom is -0.772 e. The fourth-order valence-corrected chi connectivity index (χ4v) is 0.925. The van der Waals surface area contributed by atoms with Gasteiger partial charge in [-0.15, -0.1) is 0 Å². The summed E-state index contributed by atoms with van der Waals surface area (Å²) in [4.78, 5) is 0. The van der Waals surface area contributed by atoms with Crippen LogP contribution in [0, 0.1) is 0 Å². The zero-order chi connectivity index (χ0) is 5.44. The first-order chi connectivity index (χ1) is 3.22. The molecule has 0 heterocycles. The van der Waals surface area contributed by atoms with Crippen molar-refractivity contribution in [2.45, 2.75) is 17.8 Å². The monoisotopic (exact) mass is 146 g/mol. The first-order valence-electron chi connectivity index (χ1n) is 1.94. The Hall–Kier alpha value is 1.04. The zero-order valence-electron chi connectivity index (χ0n) is 4.46. The van der Waals surface area contributed by atoms with E-state index < -0.39 is 22.5 Å². The van der Waals surface area contributed by atoms with Crippen molar-refractivity contribution >= 4 is 11.1 Å². The van der Waals surface area contributed by atoms with Gasteiger partial charge in [0.15, 0.2) is 0 Å². The average Bonchev–Trinajstić information content (AvgIpc) is 2.17. The second-order valence-electron chi connectivity index (χ2n) is 1.55. The fourth-order valence-electron chi connectivity index (χ4n) is 0.342. The predicted octanol–water partition coefficient (Wildman–Crippen LogP) is -3.02. The van der Waals surface area contributed by atoms with Crippen LogP contribution in [-0.4, -0.2) is 20.2 Å². The van der Waals surface area contributed by atoms with Crippen molar-refractivity contribution in [3.8, 4) is 0 Å². The Bertz CT molecular complexity index is 109. The minimum absolute atomic E-state index is 0. The van der Waals surface area contributed by atoms with Crippen molar-refractivity contribution in [1.29, 1.82) is 0 Å². The molecule has 0 spiro atoms. The molecule has 0 saturated heterocycles. The van der Waals surface area contributed by atoms with Crippen LogP contribution in [0.1, 0.15) is 6.42 Å². The van der Waals surface area contributed by atoms with Gasteiger partial charge in [-0.2, -0.15) is 0 Å². The smallest absolute Gasteiger partial charge is 0.772 e. The van der Waals surface area contributed by atoms with Crippen LogP contribution < -0.4 is 29.6 Å². The number of hydrogen-bond acceptors (Lipinski definition) is 2. The van der Waals surface area contributed by atoms with Crippen molar-refractivity contribution in [3.63, 3.8) is 0 Å². The van der Waals surface area contributed by atoms with E-state index in [2.05, 4.69) is 0 Å². The molecule has 3 atom stereocenters. The van der Waals surface area contributed by atoms with Gasteiger partial charge < -0.3 is 4.55 Å². The fraction of sp³-hybridized carbons (Fsp3) is 1.00. The van der Waals surface area contributed by atoms with Crippen LogP contribution in [0.4, 0.5) is 4.39 Å². The zero-order valence-corrected chi connectivity index (χ0v) is 7.28. The maximum absolute atomic E-state index is 11.6. The molecule has 1 aliphatic carbocycles. The van der Waals surface area contributed by atoms with Gasteiger partial charge in [0.05, 0.1) is 5.25 Å². The largest absolute Gasteiger partial charge is 1.00 e. The third kappa shape index (κ3) is 2.11. The number of rotatable bonds is 1. The molecule has 1 unspecified atom stereocenters. The van der Waals surface area contributed by atoms with Gasteiger partial charge in [-0.25, -0.2) is 4.39 Å². The standard InChI is InChI=1S/C3H5FO2S.Na/c4-2-1-3(2)7(5)6;/h2-3H,1H2,(H,5,6);/q;+1/p-1/t2-,3-;/m1./s1. The molecule has 0 radical (unpaired) electrons. The van der Waals surface area contributed by atoms with Gasteiger partial charge in [0, 0.05) is 0 Å². The molecule has 42 valence electrons. The summed E-state index contributed by atoms with van der Waals surface area (Å²) in [5, 5.41) is -0.681. The molecule has 0 aromatic heterocycles. The van der Waals surface area contributed by atoms with Crippen LogP contribution in [0.2, 0.25) is 0 Å². The van der Waals surface area contributed by atoms with Crippen molar-refractivity contribution in [2.24, 2.45) is 0 Å². The van der Waals surface area contributed by atoms with Crippen LogP contribution in [0.25, 0.3) is 0 Å². The van der Waals surface area contributed by atoms with E-state index in [0.717, 1.165) is 0 Å². The van der Waals surface area contributed by atoms with Crippen LogP contribution in [-0.2, 0) is 11.1 Å². The van der Waals surface area contributed by atoms with E-state index in [-0.39, 0.29) is 36.0 Å². The normalized spacial score (nSPS) is 37.8. The second kappa shape index (κ2) is 3.27. The summed E-state index contributed by atoms with van der Waals surface area (Å²) in [6.45, 7) is 0. The van der Waals surface area contributed by atoms with Crippen LogP contribution in [0.3, 0.4) is 0 Å². The van der Waals surface area contributed by atoms with E-state index >= 15 is 0 Å². The Labute approximate surface area is 71.4 Å². The summed E-state index contributed by atoms with van der Waals surface area (Å²) in [5.74, 6) is 0. The van der Waals surface area contributed by atoms with E-state index in [1.807, 2.05) is 0 Å². The van der Waals surface area contributed by atoms with Crippen LogP contribution >= 0.6 is 0 Å². The predicted molar refractivity (Wildman–Crippen MR) is 22.2 cm³/mol. The Morgan fingerprint density at radius 3 is 2.12 bits per heavy atom. The van der Waals surface area contributed by atoms with Gasteiger partial charge in [-0.1, -0.05) is 0 Å². The van der Waals surface area contributed by atoms with Crippen molar-refractivity contribution < 1.29 is 42.7 Å². The van der Waals surface area contributed by atoms with Crippen LogP contribution in [0.15, 0.2) is 0 Å². The molecule has 0 amide bonds. The molecule has 1 saturated carbocycles. The third-order valence-corrected chi connectivity index (χ3v) is 1.89. The van der Waals surface area contributed by atoms with E-state index in [9.17, 15) is 13.2 Å². The molecular formula is C3H4FNaO2S. The summed E-state index contributed by atoms with van der Waals surface area (Å²) in [7, 11) is 0. The molecule has 1 aliphatic rings. The Balaban J connectivity index is 0.000000490. The van der Waals surface area contributed by atoms with Gasteiger partial charge in [-0.05, 0) is 17.5 Å². The van der Waals surface area contributed by atoms with Gasteiger partial charge in [-0.3, -0.25) is 4.21 Å². The summed E-state index contributed by atoms with van der Waals surface area (Å²) >= 11 is -2.16. The molecule has 0 aliphatic heterocycles. The maximum Gasteiger partial charge on any atom is 1.00 e. The molecule has 0 aromatic carbocycles. The molecule has 2 nitrogen and oxygen atoms in total. The van der Waals surface area contributed by atoms with Gasteiger partial charge in [0.25, 0.3) is 0 Å². The van der Waals surface area contributed by atoms with Crippen LogP contribution in [0.5, 0.6) is 0 Å². The summed E-state index contributed by atoms with van der Waals surface area (Å²) in [6.07, 6.45) is -0.867. The van der Waals surface area contributed by atoms with Gasteiger partial charge >= 0.3 is 29.6 Å². The summed E-state index contributed by atoms with van der Waals surface area (Å²) in [5.41, 5.74) is 0. The molecular weight excluding hydrogens is 142 g/mol. The SMILES string of the molecule is O=S([O-])[C@@H]1C[C@H]1F.[Na+]. The van der Waals surface area contributed by atoms with Crippen molar-refractivity contribution in [1.82, 2.24) is 0 Å². The maximum atomic E-state index is 11.6. The quantitative estimate of drug-likeness (QED) is 0.292. The Kier molecular flexibility index (Phi) is 3.69. The Morgan fingerprint density at radius 2 is 2.12 bits per heavy atom. The topological polar surface area (TPSA) is 40.1 Å². The minimum atomic E-state index is -2.16. The molecule has 0 N–H and O–H groups in total. The van der Waals surface area contributed by atoms with E-state index in [1.165, 1.54) is 0 Å². The molecule has 5 heteroatoms. The van der Waals surface area contributed by atoms with E-state index in [0.29, 0.717) is 0 Å². The number of alkyl halides is 1. The van der Waals surface area contributed by atoms with Gasteiger partial charge in [0.2, 0.25) is 0 Å². The van der Waals surface area contributed by atoms with Crippen molar-refractivity contribution in [2.75, 3.05) is 0 Å². The molecule has 8 heavy (non-hydrogen) atoms. The first-order valence-corrected chi connectivity index (χ1v) is 3.08. The third-order valence-electron chi connectivity index (χ3n) is 0.905. The molecule has 0 aromatic rings. The first kappa shape index (κ1) is 9.04. The van der Waals surface area contributed by atoms with E-state index in [1.54, 1.807) is 0 Å². The second-order valence-corrected chi connectivity index (χ2v) is 2.68. The summed E-state index contributed by atoms with van der Waals surface area (Å²) < 4.78 is 31.1. The van der Waals surface area contributed by atoms with Gasteiger partial charge in [0.1, 0.15) is 6.17 Å². The number of hydrogen-bond donors (Lipinski definition) is 0. The van der Waals surface area contributed by atoms with Crippen molar-refractivity contribution in [3.05, 3.63) is 0 Å². The molecule has 1 rings (SSSR count). The molecule has 0 bridgehead atoms. The van der Waals surface area contributed by atoms with E-state index in [4.69, 9.17) is 0 Å². The number of halogens is 1.